The summed E-state index contributed by atoms with van der Waals surface area (Å²) in [5.41, 5.74) is 32.0. The second-order valence-corrected chi connectivity index (χ2v) is 31.7. The number of nitrogens with zero attached hydrogens (tertiary/aromatic N) is 4. The Morgan fingerprint density at radius 2 is 0.568 bits per heavy atom. The Balaban J connectivity index is 0.575. The summed E-state index contributed by atoms with van der Waals surface area (Å²) in [5.74, 6) is 0. The highest BCUT2D eigenvalue weighted by Gasteiger charge is 2.38. The molecule has 16 aromatic rings. The number of anilines is 12. The van der Waals surface area contributed by atoms with Crippen molar-refractivity contribution in [2.24, 2.45) is 0 Å². The molecule has 18 rings (SSSR count). The molecule has 4 nitrogen and oxygen atoms in total. The van der Waals surface area contributed by atoms with Crippen molar-refractivity contribution in [3.05, 3.63) is 431 Å². The second-order valence-electron chi connectivity index (χ2n) is 31.7. The van der Waals surface area contributed by atoms with E-state index in [9.17, 15) is 0 Å². The van der Waals surface area contributed by atoms with Crippen LogP contribution in [-0.4, -0.2) is 0 Å². The van der Waals surface area contributed by atoms with Crippen LogP contribution < -0.4 is 19.6 Å². The first-order chi connectivity index (χ1) is 54.1. The van der Waals surface area contributed by atoms with Gasteiger partial charge in [0.25, 0.3) is 0 Å². The van der Waals surface area contributed by atoms with Crippen molar-refractivity contribution in [2.75, 3.05) is 19.6 Å². The number of benzene rings is 16. The molecule has 0 amide bonds. The van der Waals surface area contributed by atoms with Gasteiger partial charge < -0.3 is 19.6 Å². The van der Waals surface area contributed by atoms with E-state index in [4.69, 9.17) is 0 Å². The van der Waals surface area contributed by atoms with Crippen molar-refractivity contribution in [1.29, 1.82) is 0 Å². The van der Waals surface area contributed by atoms with Crippen LogP contribution in [0.5, 0.6) is 0 Å². The summed E-state index contributed by atoms with van der Waals surface area (Å²) in [6, 6.07) is 136. The molecular weight excluding hydrogens is 1340 g/mol. The van der Waals surface area contributed by atoms with E-state index in [0.29, 0.717) is 0 Å². The van der Waals surface area contributed by atoms with E-state index in [1.807, 2.05) is 0 Å². The van der Waals surface area contributed by atoms with Gasteiger partial charge in [-0.25, -0.2) is 0 Å². The number of hydrogen-bond donors (Lipinski definition) is 0. The fourth-order valence-corrected chi connectivity index (χ4v) is 17.3. The van der Waals surface area contributed by atoms with Gasteiger partial charge in [-0.1, -0.05) is 290 Å². The van der Waals surface area contributed by atoms with Gasteiger partial charge in [0.1, 0.15) is 0 Å². The Morgan fingerprint density at radius 3 is 1.04 bits per heavy atom. The standard InChI is InChI=1S/C107H88N4/c1-74-24-22-37-91(66-74)111(89-53-44-76(45-54-89)39-41-78-47-62-98-100-65-60-95(72-104(100)107(6,7)102(98)68-78)109(86-33-16-10-17-34-86)87-35-18-11-19-36-87)93-58-63-96-81(70-93)27-23-28-82(96)73-105(2,3)83-49-56-90(57-50-83)110(92-55-48-79-25-20-21-26-80(79)69-92)88-51-42-75(43-52-88)38-40-77-46-61-97-99-64-59-94(71-103(99)106(4,5)101(97)67-77)108(84-29-12-8-13-30-84)85-31-14-9-15-32-85/h8-72H,73H2,1-7H3. The Kier molecular flexibility index (Phi) is 18.0. The van der Waals surface area contributed by atoms with Crippen LogP contribution in [0.25, 0.3) is 68.1 Å². The number of hydrogen-bond acceptors (Lipinski definition) is 4. The Labute approximate surface area is 654 Å². The minimum absolute atomic E-state index is 0.186. The molecule has 0 aromatic heterocycles. The fourth-order valence-electron chi connectivity index (χ4n) is 17.3. The SMILES string of the molecule is Cc1cccc(N(c2ccc(C=Cc3ccc4c(c3)C(C)(C)c3cc(N(c5ccccc5)c5ccccc5)ccc3-4)cc2)c2ccc3c(CC(C)(C)c4ccc(N(c5ccc(C=Cc6ccc7c(c6)C(C)(C)c6cc(N(c8ccccc8)c8ccccc8)ccc6-7)cc5)c5ccc6ccccc6c5)cc4)cccc3c2)c1. The summed E-state index contributed by atoms with van der Waals surface area (Å²) >= 11 is 0. The van der Waals surface area contributed by atoms with Gasteiger partial charge in [0, 0.05) is 79.1 Å². The molecule has 2 aliphatic rings. The highest BCUT2D eigenvalue weighted by Crippen LogP contribution is 2.54. The molecule has 2 aliphatic carbocycles. The molecule has 0 atom stereocenters. The zero-order chi connectivity index (χ0) is 75.4. The smallest absolute Gasteiger partial charge is 0.0468 e. The highest BCUT2D eigenvalue weighted by molar-refractivity contribution is 5.94. The number of rotatable bonds is 19. The van der Waals surface area contributed by atoms with Gasteiger partial charge in [0.05, 0.1) is 0 Å². The summed E-state index contributed by atoms with van der Waals surface area (Å²) in [6.07, 6.45) is 9.89. The van der Waals surface area contributed by atoms with E-state index in [0.717, 1.165) is 85.8 Å². The monoisotopic (exact) mass is 1430 g/mol. The Hall–Kier alpha value is -13.3. The van der Waals surface area contributed by atoms with E-state index in [2.05, 4.69) is 462 Å². The van der Waals surface area contributed by atoms with Gasteiger partial charge in [-0.2, -0.15) is 0 Å². The molecule has 0 saturated heterocycles. The van der Waals surface area contributed by atoms with Crippen LogP contribution in [0.15, 0.2) is 370 Å². The first kappa shape index (κ1) is 69.5. The van der Waals surface area contributed by atoms with Crippen LogP contribution in [0, 0.1) is 6.92 Å². The number of para-hydroxylation sites is 4. The zero-order valence-electron chi connectivity index (χ0n) is 64.0. The molecule has 0 unspecified atom stereocenters. The lowest BCUT2D eigenvalue weighted by atomic mass is 9.78. The third-order valence-corrected chi connectivity index (χ3v) is 23.2. The van der Waals surface area contributed by atoms with Crippen LogP contribution in [0.3, 0.4) is 0 Å². The lowest BCUT2D eigenvalue weighted by Gasteiger charge is -2.29. The molecule has 111 heavy (non-hydrogen) atoms. The Morgan fingerprint density at radius 1 is 0.252 bits per heavy atom. The lowest BCUT2D eigenvalue weighted by Crippen LogP contribution is -2.21. The molecule has 0 saturated carbocycles. The van der Waals surface area contributed by atoms with Crippen molar-refractivity contribution < 1.29 is 0 Å². The quantitative estimate of drug-likeness (QED) is 0.0748. The minimum Gasteiger partial charge on any atom is -0.310 e. The van der Waals surface area contributed by atoms with Crippen molar-refractivity contribution in [2.45, 2.75) is 71.1 Å². The lowest BCUT2D eigenvalue weighted by molar-refractivity contribution is 0.524. The maximum atomic E-state index is 2.40. The van der Waals surface area contributed by atoms with Crippen LogP contribution in [0.1, 0.15) is 103 Å². The number of aryl methyl sites for hydroxylation is 1. The van der Waals surface area contributed by atoms with Gasteiger partial charge in [0.2, 0.25) is 0 Å². The summed E-state index contributed by atoms with van der Waals surface area (Å²) in [4.78, 5) is 9.50. The third kappa shape index (κ3) is 13.4. The van der Waals surface area contributed by atoms with Crippen LogP contribution >= 0.6 is 0 Å². The van der Waals surface area contributed by atoms with Crippen LogP contribution in [0.2, 0.25) is 0 Å². The van der Waals surface area contributed by atoms with E-state index in [1.54, 1.807) is 0 Å². The molecule has 0 fully saturated rings. The van der Waals surface area contributed by atoms with E-state index in [1.165, 1.54) is 93.9 Å². The molecule has 4 heteroatoms. The van der Waals surface area contributed by atoms with Gasteiger partial charge >= 0.3 is 0 Å². The van der Waals surface area contributed by atoms with Gasteiger partial charge in [0.15, 0.2) is 0 Å². The van der Waals surface area contributed by atoms with Crippen LogP contribution in [-0.2, 0) is 22.7 Å². The largest absolute Gasteiger partial charge is 0.310 e. The first-order valence-electron chi connectivity index (χ1n) is 38.9. The average Bonchev–Trinajstić information content (AvgIpc) is 1.58. The van der Waals surface area contributed by atoms with E-state index >= 15 is 0 Å². The van der Waals surface area contributed by atoms with Gasteiger partial charge in [-0.15, -0.1) is 0 Å². The first-order valence-corrected chi connectivity index (χ1v) is 38.9. The molecule has 0 heterocycles. The molecule has 0 aliphatic heterocycles. The third-order valence-electron chi connectivity index (χ3n) is 23.2. The molecule has 0 radical (unpaired) electrons. The molecule has 0 bridgehead atoms. The minimum atomic E-state index is -0.193. The summed E-state index contributed by atoms with van der Waals surface area (Å²) in [6.45, 7) is 16.4. The zero-order valence-corrected chi connectivity index (χ0v) is 64.0. The molecule has 536 valence electrons. The van der Waals surface area contributed by atoms with E-state index in [-0.39, 0.29) is 16.2 Å². The fraction of sp³-hybridized carbons (Fsp3) is 0.103. The molecule has 0 spiro atoms. The summed E-state index contributed by atoms with van der Waals surface area (Å²) < 4.78 is 0. The summed E-state index contributed by atoms with van der Waals surface area (Å²) in [5, 5.41) is 4.91. The van der Waals surface area contributed by atoms with Crippen molar-refractivity contribution in [3.63, 3.8) is 0 Å². The predicted molar refractivity (Wildman–Crippen MR) is 474 cm³/mol. The van der Waals surface area contributed by atoms with Gasteiger partial charge in [-0.3, -0.25) is 0 Å². The maximum Gasteiger partial charge on any atom is 0.0468 e. The molecule has 0 N–H and O–H groups in total. The maximum absolute atomic E-state index is 2.40. The average molecular weight is 1430 g/mol. The van der Waals surface area contributed by atoms with Crippen LogP contribution in [0.4, 0.5) is 68.2 Å². The van der Waals surface area contributed by atoms with Crippen molar-refractivity contribution >= 4 is 114 Å². The molecular formula is C107H88N4. The Bertz CT molecular complexity index is 6110. The highest BCUT2D eigenvalue weighted by atomic mass is 15.2. The molecule has 16 aromatic carbocycles. The van der Waals surface area contributed by atoms with E-state index < -0.39 is 0 Å². The van der Waals surface area contributed by atoms with Gasteiger partial charge in [-0.05, 0) is 269 Å². The van der Waals surface area contributed by atoms with Crippen molar-refractivity contribution in [1.82, 2.24) is 0 Å². The normalized spacial score (nSPS) is 13.1. The van der Waals surface area contributed by atoms with Crippen molar-refractivity contribution in [3.8, 4) is 22.3 Å². The second kappa shape index (κ2) is 28.7. The predicted octanol–water partition coefficient (Wildman–Crippen LogP) is 29.7. The topological polar surface area (TPSA) is 13.0 Å². The summed E-state index contributed by atoms with van der Waals surface area (Å²) in [7, 11) is 0. The number of fused-ring (bicyclic) bond motifs is 8.